The summed E-state index contributed by atoms with van der Waals surface area (Å²) in [5.41, 5.74) is 0.293. The molecule has 2 bridgehead atoms. The molecule has 5 heteroatoms. The third kappa shape index (κ3) is 3.28. The van der Waals surface area contributed by atoms with E-state index in [1.165, 1.54) is 0 Å². The lowest BCUT2D eigenvalue weighted by Crippen LogP contribution is -2.44. The van der Waals surface area contributed by atoms with E-state index < -0.39 is 17.6 Å². The number of benzene rings is 1. The molecule has 1 N–H and O–H groups in total. The quantitative estimate of drug-likeness (QED) is 0.636. The largest absolute Gasteiger partial charge is 0.416 e. The predicted octanol–water partition coefficient (Wildman–Crippen LogP) is 4.23. The van der Waals surface area contributed by atoms with Crippen LogP contribution in [0.1, 0.15) is 36.8 Å². The van der Waals surface area contributed by atoms with Gasteiger partial charge in [0, 0.05) is 12.1 Å². The molecule has 0 amide bonds. The van der Waals surface area contributed by atoms with Crippen molar-refractivity contribution in [1.29, 1.82) is 0 Å². The first-order valence-electron chi connectivity index (χ1n) is 7.23. The number of hydrogen-bond donors (Lipinski definition) is 1. The Hall–Kier alpha value is -1.36. The Labute approximate surface area is 121 Å². The molecule has 1 saturated heterocycles. The van der Waals surface area contributed by atoms with Crippen LogP contribution in [-0.2, 0) is 12.6 Å². The molecule has 2 aliphatic heterocycles. The first-order valence-corrected chi connectivity index (χ1v) is 7.23. The second-order valence-corrected chi connectivity index (χ2v) is 5.91. The van der Waals surface area contributed by atoms with Crippen molar-refractivity contribution in [3.05, 3.63) is 46.8 Å². The van der Waals surface area contributed by atoms with Crippen LogP contribution >= 0.6 is 0 Å². The van der Waals surface area contributed by atoms with Crippen LogP contribution in [0.2, 0.25) is 0 Å². The smallest absolute Gasteiger partial charge is 0.307 e. The zero-order valence-electron chi connectivity index (χ0n) is 11.5. The van der Waals surface area contributed by atoms with Gasteiger partial charge in [0.25, 0.3) is 0 Å². The van der Waals surface area contributed by atoms with Gasteiger partial charge in [-0.25, -0.2) is 4.39 Å². The van der Waals surface area contributed by atoms with E-state index in [2.05, 4.69) is 5.32 Å². The third-order valence-corrected chi connectivity index (χ3v) is 4.25. The SMILES string of the molecule is Fc1ccc(C(F)(F)F)c(CC2=CC3CCCC(C2)N3)c1. The summed E-state index contributed by atoms with van der Waals surface area (Å²) in [7, 11) is 0. The summed E-state index contributed by atoms with van der Waals surface area (Å²) in [6, 6.07) is 3.34. The fraction of sp³-hybridized carbons (Fsp3) is 0.500. The van der Waals surface area contributed by atoms with E-state index in [-0.39, 0.29) is 18.0 Å². The molecule has 114 valence electrons. The molecule has 21 heavy (non-hydrogen) atoms. The lowest BCUT2D eigenvalue weighted by molar-refractivity contribution is -0.138. The summed E-state index contributed by atoms with van der Waals surface area (Å²) in [6.07, 6.45) is 1.76. The van der Waals surface area contributed by atoms with Crippen LogP contribution in [-0.4, -0.2) is 12.1 Å². The second-order valence-electron chi connectivity index (χ2n) is 5.91. The van der Waals surface area contributed by atoms with Crippen molar-refractivity contribution in [2.45, 2.75) is 50.4 Å². The number of halogens is 4. The zero-order chi connectivity index (χ0) is 15.0. The Bertz CT molecular complexity index is 562. The van der Waals surface area contributed by atoms with E-state index in [9.17, 15) is 17.6 Å². The molecule has 0 radical (unpaired) electrons. The molecular weight excluding hydrogens is 282 g/mol. The van der Waals surface area contributed by atoms with Gasteiger partial charge in [-0.3, -0.25) is 0 Å². The summed E-state index contributed by atoms with van der Waals surface area (Å²) in [5, 5.41) is 3.45. The first kappa shape index (κ1) is 14.6. The molecule has 2 atom stereocenters. The van der Waals surface area contributed by atoms with Crippen LogP contribution < -0.4 is 5.32 Å². The summed E-state index contributed by atoms with van der Waals surface area (Å²) >= 11 is 0. The van der Waals surface area contributed by atoms with Crippen molar-refractivity contribution in [2.24, 2.45) is 0 Å². The highest BCUT2D eigenvalue weighted by Gasteiger charge is 2.34. The number of fused-ring (bicyclic) bond motifs is 2. The van der Waals surface area contributed by atoms with Crippen molar-refractivity contribution in [2.75, 3.05) is 0 Å². The maximum Gasteiger partial charge on any atom is 0.416 e. The Morgan fingerprint density at radius 3 is 2.71 bits per heavy atom. The van der Waals surface area contributed by atoms with E-state index in [0.717, 1.165) is 49.5 Å². The van der Waals surface area contributed by atoms with Crippen LogP contribution in [0.4, 0.5) is 17.6 Å². The summed E-state index contributed by atoms with van der Waals surface area (Å²) < 4.78 is 52.4. The van der Waals surface area contributed by atoms with Crippen molar-refractivity contribution >= 4 is 0 Å². The number of hydrogen-bond acceptors (Lipinski definition) is 1. The minimum atomic E-state index is -4.44. The van der Waals surface area contributed by atoms with Crippen molar-refractivity contribution in [3.8, 4) is 0 Å². The number of alkyl halides is 3. The van der Waals surface area contributed by atoms with Gasteiger partial charge in [0.2, 0.25) is 0 Å². The molecule has 2 heterocycles. The van der Waals surface area contributed by atoms with Crippen LogP contribution in [0.5, 0.6) is 0 Å². The molecule has 0 aliphatic carbocycles. The number of piperidine rings is 1. The summed E-state index contributed by atoms with van der Waals surface area (Å²) in [6.45, 7) is 0. The number of rotatable bonds is 2. The molecule has 1 aromatic carbocycles. The lowest BCUT2D eigenvalue weighted by atomic mass is 9.84. The highest BCUT2D eigenvalue weighted by atomic mass is 19.4. The summed E-state index contributed by atoms with van der Waals surface area (Å²) in [5.74, 6) is -0.618. The van der Waals surface area contributed by atoms with Gasteiger partial charge < -0.3 is 5.32 Å². The Morgan fingerprint density at radius 1 is 1.19 bits per heavy atom. The van der Waals surface area contributed by atoms with E-state index in [4.69, 9.17) is 0 Å². The van der Waals surface area contributed by atoms with Crippen molar-refractivity contribution in [3.63, 3.8) is 0 Å². The molecule has 0 spiro atoms. The van der Waals surface area contributed by atoms with E-state index in [0.29, 0.717) is 6.04 Å². The third-order valence-electron chi connectivity index (χ3n) is 4.25. The molecular formula is C16H17F4N. The van der Waals surface area contributed by atoms with Crippen LogP contribution in [0.15, 0.2) is 29.8 Å². The predicted molar refractivity (Wildman–Crippen MR) is 72.4 cm³/mol. The minimum Gasteiger partial charge on any atom is -0.307 e. The normalized spacial score (nSPS) is 25.6. The molecule has 2 aliphatic rings. The Kier molecular flexibility index (Phi) is 3.78. The number of nitrogens with one attached hydrogen (secondary N) is 1. The molecule has 3 rings (SSSR count). The average Bonchev–Trinajstić information content (AvgIpc) is 2.36. The van der Waals surface area contributed by atoms with Crippen LogP contribution in [0, 0.1) is 5.82 Å². The standard InChI is InChI=1S/C16H17F4N/c17-12-4-5-15(16(18,19)20)11(9-12)6-10-7-13-2-1-3-14(8-10)21-13/h4-5,7,9,13-14,21H,1-3,6,8H2. The summed E-state index contributed by atoms with van der Waals surface area (Å²) in [4.78, 5) is 0. The van der Waals surface area contributed by atoms with Gasteiger partial charge in [-0.15, -0.1) is 0 Å². The lowest BCUT2D eigenvalue weighted by Gasteiger charge is -2.35. The van der Waals surface area contributed by atoms with Gasteiger partial charge in [-0.05, 0) is 49.4 Å². The van der Waals surface area contributed by atoms with E-state index in [1.807, 2.05) is 6.08 Å². The van der Waals surface area contributed by atoms with Gasteiger partial charge in [0.05, 0.1) is 5.56 Å². The molecule has 0 aromatic heterocycles. The second kappa shape index (κ2) is 5.44. The van der Waals surface area contributed by atoms with Crippen molar-refractivity contribution < 1.29 is 17.6 Å². The topological polar surface area (TPSA) is 12.0 Å². The molecule has 2 unspecified atom stereocenters. The fourth-order valence-corrected chi connectivity index (χ4v) is 3.38. The Balaban J connectivity index is 1.88. The van der Waals surface area contributed by atoms with Crippen LogP contribution in [0.3, 0.4) is 0 Å². The van der Waals surface area contributed by atoms with Gasteiger partial charge in [0.1, 0.15) is 5.82 Å². The maximum absolute atomic E-state index is 13.3. The van der Waals surface area contributed by atoms with Crippen molar-refractivity contribution in [1.82, 2.24) is 5.32 Å². The molecule has 1 fully saturated rings. The molecule has 1 nitrogen and oxygen atoms in total. The minimum absolute atomic E-state index is 0.0359. The van der Waals surface area contributed by atoms with Gasteiger partial charge in [0.15, 0.2) is 0 Å². The average molecular weight is 299 g/mol. The van der Waals surface area contributed by atoms with Gasteiger partial charge in [-0.2, -0.15) is 13.2 Å². The van der Waals surface area contributed by atoms with Gasteiger partial charge in [-0.1, -0.05) is 18.1 Å². The zero-order valence-corrected chi connectivity index (χ0v) is 11.5. The molecule has 1 aromatic rings. The van der Waals surface area contributed by atoms with Crippen LogP contribution in [0.25, 0.3) is 0 Å². The van der Waals surface area contributed by atoms with Gasteiger partial charge >= 0.3 is 6.18 Å². The Morgan fingerprint density at radius 2 is 2.00 bits per heavy atom. The monoisotopic (exact) mass is 299 g/mol. The van der Waals surface area contributed by atoms with E-state index >= 15 is 0 Å². The fourth-order valence-electron chi connectivity index (χ4n) is 3.38. The molecule has 0 saturated carbocycles. The first-order chi connectivity index (χ1) is 9.91. The van der Waals surface area contributed by atoms with E-state index in [1.54, 1.807) is 0 Å². The maximum atomic E-state index is 13.3. The highest BCUT2D eigenvalue weighted by Crippen LogP contribution is 2.35. The highest BCUT2D eigenvalue weighted by molar-refractivity contribution is 5.35.